The Labute approximate surface area is 246 Å². The van der Waals surface area contributed by atoms with Gasteiger partial charge in [0.05, 0.1) is 34.5 Å². The minimum atomic E-state index is -4.27. The Hall–Kier alpha value is -0.930. The molecule has 0 heterocycles. The number of hydrogen-bond acceptors (Lipinski definition) is 7. The summed E-state index contributed by atoms with van der Waals surface area (Å²) in [5.41, 5.74) is 0.259. The van der Waals surface area contributed by atoms with Crippen molar-refractivity contribution in [2.24, 2.45) is 0 Å². The topological polar surface area (TPSA) is 110 Å². The third kappa shape index (κ3) is 19.7. The molecule has 206 valence electrons. The van der Waals surface area contributed by atoms with Gasteiger partial charge < -0.3 is 14.0 Å². The van der Waals surface area contributed by atoms with Crippen LogP contribution >= 0.6 is 0 Å². The summed E-state index contributed by atoms with van der Waals surface area (Å²) in [5.74, 6) is -1.73. The molecule has 0 bridgehead atoms. The van der Waals surface area contributed by atoms with Gasteiger partial charge in [0.15, 0.2) is 0 Å². The van der Waals surface area contributed by atoms with Crippen LogP contribution < -0.4 is 29.6 Å². The molecule has 0 aliphatic rings. The van der Waals surface area contributed by atoms with Gasteiger partial charge in [-0.1, -0.05) is 103 Å². The van der Waals surface area contributed by atoms with E-state index in [0.29, 0.717) is 6.61 Å². The van der Waals surface area contributed by atoms with Crippen LogP contribution in [0.2, 0.25) is 0 Å². The number of benzene rings is 1. The van der Waals surface area contributed by atoms with Crippen molar-refractivity contribution < 1.29 is 61.6 Å². The zero-order valence-electron chi connectivity index (χ0n) is 23.0. The molecule has 9 heteroatoms. The van der Waals surface area contributed by atoms with Crippen LogP contribution in [0, 0.1) is 0 Å². The van der Waals surface area contributed by atoms with Crippen LogP contribution in [0.5, 0.6) is 0 Å². The van der Waals surface area contributed by atoms with Gasteiger partial charge in [-0.3, -0.25) is 0 Å². The summed E-state index contributed by atoms with van der Waals surface area (Å²) in [7, 11) is -4.27. The van der Waals surface area contributed by atoms with E-state index >= 15 is 0 Å². The normalized spacial score (nSPS) is 11.1. The summed E-state index contributed by atoms with van der Waals surface area (Å²) in [5, 5.41) is 0. The van der Waals surface area contributed by atoms with E-state index in [1.807, 2.05) is 0 Å². The number of carbonyl (C=O) groups is 2. The maximum Gasteiger partial charge on any atom is 1.00 e. The first kappa shape index (κ1) is 36.1. The van der Waals surface area contributed by atoms with Gasteiger partial charge in [0, 0.05) is 5.75 Å². The zero-order chi connectivity index (χ0) is 26.5. The van der Waals surface area contributed by atoms with Gasteiger partial charge in [-0.25, -0.2) is 18.0 Å². The van der Waals surface area contributed by atoms with Crippen molar-refractivity contribution in [3.05, 3.63) is 35.4 Å². The Kier molecular flexibility index (Phi) is 22.4. The van der Waals surface area contributed by atoms with E-state index in [1.54, 1.807) is 12.1 Å². The largest absolute Gasteiger partial charge is 1.00 e. The van der Waals surface area contributed by atoms with Crippen LogP contribution in [0.3, 0.4) is 0 Å². The Balaban J connectivity index is 0.0000130. The fourth-order valence-electron chi connectivity index (χ4n) is 4.00. The number of carbonyl (C=O) groups excluding carboxylic acids is 2. The van der Waals surface area contributed by atoms with Crippen molar-refractivity contribution in [3.63, 3.8) is 0 Å². The molecule has 1 rings (SSSR count). The van der Waals surface area contributed by atoms with Gasteiger partial charge >= 0.3 is 41.5 Å². The molecule has 0 saturated carbocycles. The van der Waals surface area contributed by atoms with Crippen molar-refractivity contribution >= 4 is 22.1 Å². The molecule has 0 spiro atoms. The summed E-state index contributed by atoms with van der Waals surface area (Å²) < 4.78 is 42.3. The van der Waals surface area contributed by atoms with E-state index in [4.69, 9.17) is 9.47 Å². The van der Waals surface area contributed by atoms with Gasteiger partial charge in [-0.05, 0) is 31.4 Å². The molecule has 0 saturated heterocycles. The number of rotatable bonds is 22. The minimum absolute atomic E-state index is 0. The SMILES string of the molecule is CCCCCCCCCCCCCCCCOC(=O)c1ccccc1C(=O)OCCCCS(=O)(=O)[O-].[Na+]. The van der Waals surface area contributed by atoms with Crippen molar-refractivity contribution in [1.29, 1.82) is 0 Å². The van der Waals surface area contributed by atoms with Crippen molar-refractivity contribution in [3.8, 4) is 0 Å². The van der Waals surface area contributed by atoms with E-state index < -0.39 is 27.8 Å². The first-order valence-electron chi connectivity index (χ1n) is 13.7. The van der Waals surface area contributed by atoms with Crippen LogP contribution in [0.15, 0.2) is 24.3 Å². The van der Waals surface area contributed by atoms with E-state index in [-0.39, 0.29) is 60.1 Å². The van der Waals surface area contributed by atoms with Gasteiger partial charge in [0.2, 0.25) is 0 Å². The summed E-state index contributed by atoms with van der Waals surface area (Å²) in [6.07, 6.45) is 17.9. The zero-order valence-corrected chi connectivity index (χ0v) is 25.8. The van der Waals surface area contributed by atoms with Crippen LogP contribution in [0.25, 0.3) is 0 Å². The van der Waals surface area contributed by atoms with E-state index in [1.165, 1.54) is 82.8 Å². The molecule has 0 atom stereocenters. The third-order valence-electron chi connectivity index (χ3n) is 6.12. The maximum atomic E-state index is 12.5. The fourth-order valence-corrected chi connectivity index (χ4v) is 4.56. The second-order valence-corrected chi connectivity index (χ2v) is 10.9. The number of hydrogen-bond donors (Lipinski definition) is 0. The molecule has 0 aliphatic carbocycles. The van der Waals surface area contributed by atoms with Gasteiger partial charge in [-0.15, -0.1) is 0 Å². The van der Waals surface area contributed by atoms with Crippen molar-refractivity contribution in [2.75, 3.05) is 19.0 Å². The smallest absolute Gasteiger partial charge is 0.748 e. The average molecular weight is 549 g/mol. The number of unbranched alkanes of at least 4 members (excludes halogenated alkanes) is 14. The molecule has 0 aromatic heterocycles. The van der Waals surface area contributed by atoms with E-state index in [0.717, 1.165) is 19.3 Å². The van der Waals surface area contributed by atoms with Gasteiger partial charge in [0.25, 0.3) is 0 Å². The molecule has 7 nitrogen and oxygen atoms in total. The maximum absolute atomic E-state index is 12.5. The second kappa shape index (κ2) is 23.0. The molecule has 0 unspecified atom stereocenters. The van der Waals surface area contributed by atoms with E-state index in [9.17, 15) is 22.6 Å². The Morgan fingerprint density at radius 3 is 1.38 bits per heavy atom. The fraction of sp³-hybridized carbons (Fsp3) is 0.714. The molecule has 0 radical (unpaired) electrons. The van der Waals surface area contributed by atoms with Gasteiger partial charge in [0.1, 0.15) is 0 Å². The third-order valence-corrected chi connectivity index (χ3v) is 6.91. The van der Waals surface area contributed by atoms with Crippen molar-refractivity contribution in [2.45, 2.75) is 110 Å². The summed E-state index contributed by atoms with van der Waals surface area (Å²) in [4.78, 5) is 24.8. The Morgan fingerprint density at radius 2 is 1.00 bits per heavy atom. The molecule has 0 N–H and O–H groups in total. The summed E-state index contributed by atoms with van der Waals surface area (Å²) in [6, 6.07) is 6.30. The molecule has 1 aromatic rings. The first-order chi connectivity index (χ1) is 17.3. The second-order valence-electron chi connectivity index (χ2n) is 9.38. The predicted octanol–water partition coefficient (Wildman–Crippen LogP) is 3.81. The molecule has 1 aromatic carbocycles. The van der Waals surface area contributed by atoms with Crippen LogP contribution in [-0.2, 0) is 19.6 Å². The van der Waals surface area contributed by atoms with Crippen LogP contribution in [-0.4, -0.2) is 43.9 Å². The number of ether oxygens (including phenoxy) is 2. The molecule has 37 heavy (non-hydrogen) atoms. The van der Waals surface area contributed by atoms with Crippen molar-refractivity contribution in [1.82, 2.24) is 0 Å². The predicted molar refractivity (Wildman–Crippen MR) is 141 cm³/mol. The summed E-state index contributed by atoms with van der Waals surface area (Å²) >= 11 is 0. The van der Waals surface area contributed by atoms with Crippen LogP contribution in [0.4, 0.5) is 0 Å². The quantitative estimate of drug-likeness (QED) is 0.0938. The monoisotopic (exact) mass is 548 g/mol. The molecular weight excluding hydrogens is 503 g/mol. The Bertz CT molecular complexity index is 843. The van der Waals surface area contributed by atoms with E-state index in [2.05, 4.69) is 6.92 Å². The molecule has 0 aliphatic heterocycles. The summed E-state index contributed by atoms with van der Waals surface area (Å²) in [6.45, 7) is 2.53. The van der Waals surface area contributed by atoms with Crippen LogP contribution in [0.1, 0.15) is 130 Å². The molecule has 0 fully saturated rings. The average Bonchev–Trinajstić information content (AvgIpc) is 2.85. The minimum Gasteiger partial charge on any atom is -0.748 e. The number of esters is 2. The molecule has 0 amide bonds. The molecular formula is C28H45NaO7S. The standard InChI is InChI=1S/C28H46O7S.Na/c1-2-3-4-5-6-7-8-9-10-11-12-13-14-17-22-34-27(29)25-20-15-16-21-26(25)28(30)35-23-18-19-24-36(31,32)33;/h15-16,20-21H,2-14,17-19,22-24H2,1H3,(H,31,32,33);/q;+1/p-1. The Morgan fingerprint density at radius 1 is 0.649 bits per heavy atom. The first-order valence-corrected chi connectivity index (χ1v) is 15.3. The van der Waals surface area contributed by atoms with Gasteiger partial charge in [-0.2, -0.15) is 0 Å².